The molecule has 0 aliphatic rings. The van der Waals surface area contributed by atoms with Crippen LogP contribution in [0.2, 0.25) is 5.02 Å². The number of halogens is 1. The first-order valence-corrected chi connectivity index (χ1v) is 6.24. The Morgan fingerprint density at radius 2 is 2.05 bits per heavy atom. The van der Waals surface area contributed by atoms with Gasteiger partial charge in [-0.15, -0.1) is 0 Å². The van der Waals surface area contributed by atoms with Crippen LogP contribution in [0.3, 0.4) is 0 Å². The number of benzene rings is 1. The fraction of sp³-hybridized carbons (Fsp3) is 0.154. The summed E-state index contributed by atoms with van der Waals surface area (Å²) in [5, 5.41) is 11.6. The number of nitrogens with zero attached hydrogens (tertiary/aromatic N) is 1. The summed E-state index contributed by atoms with van der Waals surface area (Å²) in [5.74, 6) is -0.221. The van der Waals surface area contributed by atoms with Crippen molar-refractivity contribution in [2.75, 3.05) is 13.2 Å². The summed E-state index contributed by atoms with van der Waals surface area (Å²) in [6.45, 7) is -0.114. The van der Waals surface area contributed by atoms with Crippen LogP contribution in [0.4, 0.5) is 0 Å². The minimum absolute atomic E-state index is 0.0806. The molecule has 1 aromatic carbocycles. The van der Waals surface area contributed by atoms with Crippen LogP contribution < -0.4 is 10.9 Å². The highest BCUT2D eigenvalue weighted by Gasteiger charge is 2.11. The number of aromatic amines is 1. The van der Waals surface area contributed by atoms with Gasteiger partial charge >= 0.3 is 0 Å². The summed E-state index contributed by atoms with van der Waals surface area (Å²) in [5.41, 5.74) is 0.0466. The van der Waals surface area contributed by atoms with Crippen molar-refractivity contribution in [2.24, 2.45) is 0 Å². The van der Waals surface area contributed by atoms with E-state index in [4.69, 9.17) is 16.7 Å². The topological polar surface area (TPSA) is 95.1 Å². The van der Waals surface area contributed by atoms with Crippen LogP contribution in [0.1, 0.15) is 10.4 Å². The van der Waals surface area contributed by atoms with Crippen LogP contribution in [0.5, 0.6) is 0 Å². The van der Waals surface area contributed by atoms with E-state index in [2.05, 4.69) is 15.3 Å². The number of carbonyl (C=O) groups excluding carboxylic acids is 1. The summed E-state index contributed by atoms with van der Waals surface area (Å²) >= 11 is 5.78. The summed E-state index contributed by atoms with van der Waals surface area (Å²) in [7, 11) is 0. The zero-order chi connectivity index (χ0) is 14.5. The molecule has 0 atom stereocenters. The van der Waals surface area contributed by atoms with Gasteiger partial charge in [0.25, 0.3) is 11.5 Å². The molecular formula is C13H12ClN3O3. The lowest BCUT2D eigenvalue weighted by Gasteiger charge is -2.04. The lowest BCUT2D eigenvalue weighted by molar-refractivity contribution is 0.0943. The Labute approximate surface area is 119 Å². The Balaban J connectivity index is 2.28. The molecular weight excluding hydrogens is 282 g/mol. The number of hydrogen-bond acceptors (Lipinski definition) is 4. The van der Waals surface area contributed by atoms with Gasteiger partial charge in [0.2, 0.25) is 0 Å². The highest BCUT2D eigenvalue weighted by Crippen LogP contribution is 2.16. The number of nitrogens with one attached hydrogen (secondary N) is 2. The van der Waals surface area contributed by atoms with E-state index in [1.807, 2.05) is 0 Å². The molecule has 2 rings (SSSR count). The predicted molar refractivity (Wildman–Crippen MR) is 74.7 cm³/mol. The molecule has 1 aromatic heterocycles. The van der Waals surface area contributed by atoms with E-state index in [1.54, 1.807) is 24.3 Å². The molecule has 2 aromatic rings. The van der Waals surface area contributed by atoms with Crippen LogP contribution >= 0.6 is 11.6 Å². The molecule has 7 heteroatoms. The smallest absolute Gasteiger partial charge is 0.264 e. The molecule has 0 bridgehead atoms. The summed E-state index contributed by atoms with van der Waals surface area (Å²) in [6.07, 6.45) is 1.20. The molecule has 3 N–H and O–H groups in total. The molecule has 0 unspecified atom stereocenters. The number of aliphatic hydroxyl groups is 1. The Bertz CT molecular complexity index is 667. The average molecular weight is 294 g/mol. The standard InChI is InChI=1S/C13H12ClN3O3/c14-9-3-1-8(2-4-9)11-16-7-10(13(20)17-11)12(19)15-5-6-18/h1-4,7,18H,5-6H2,(H,15,19)(H,16,17,20). The molecule has 0 saturated heterocycles. The van der Waals surface area contributed by atoms with E-state index >= 15 is 0 Å². The van der Waals surface area contributed by atoms with Gasteiger partial charge in [-0.25, -0.2) is 4.98 Å². The third-order valence-corrected chi connectivity index (χ3v) is 2.81. The SMILES string of the molecule is O=C(NCCO)c1cnc(-c2ccc(Cl)cc2)[nH]c1=O. The second-order valence-electron chi connectivity index (χ2n) is 3.96. The van der Waals surface area contributed by atoms with Crippen molar-refractivity contribution in [2.45, 2.75) is 0 Å². The number of hydrogen-bond donors (Lipinski definition) is 3. The van der Waals surface area contributed by atoms with E-state index in [1.165, 1.54) is 6.20 Å². The average Bonchev–Trinajstić information content (AvgIpc) is 2.45. The molecule has 104 valence electrons. The molecule has 0 radical (unpaired) electrons. The van der Waals surface area contributed by atoms with Gasteiger partial charge in [-0.1, -0.05) is 11.6 Å². The quantitative estimate of drug-likeness (QED) is 0.777. The molecule has 0 aliphatic heterocycles. The maximum atomic E-state index is 11.8. The zero-order valence-electron chi connectivity index (χ0n) is 10.4. The maximum absolute atomic E-state index is 11.8. The van der Waals surface area contributed by atoms with Crippen LogP contribution in [0.25, 0.3) is 11.4 Å². The number of amides is 1. The minimum Gasteiger partial charge on any atom is -0.395 e. The van der Waals surface area contributed by atoms with Crippen molar-refractivity contribution < 1.29 is 9.90 Å². The van der Waals surface area contributed by atoms with Crippen LogP contribution in [-0.4, -0.2) is 34.1 Å². The van der Waals surface area contributed by atoms with Gasteiger partial charge in [-0.05, 0) is 24.3 Å². The minimum atomic E-state index is -0.574. The van der Waals surface area contributed by atoms with Crippen molar-refractivity contribution in [1.29, 1.82) is 0 Å². The van der Waals surface area contributed by atoms with E-state index in [0.717, 1.165) is 0 Å². The second-order valence-corrected chi connectivity index (χ2v) is 4.40. The number of rotatable bonds is 4. The van der Waals surface area contributed by atoms with Gasteiger partial charge in [0.1, 0.15) is 11.4 Å². The fourth-order valence-electron chi connectivity index (χ4n) is 1.58. The first-order chi connectivity index (χ1) is 9.61. The van der Waals surface area contributed by atoms with Crippen LogP contribution in [0.15, 0.2) is 35.3 Å². The van der Waals surface area contributed by atoms with Crippen molar-refractivity contribution >= 4 is 17.5 Å². The molecule has 20 heavy (non-hydrogen) atoms. The Morgan fingerprint density at radius 3 is 2.65 bits per heavy atom. The molecule has 6 nitrogen and oxygen atoms in total. The molecule has 1 heterocycles. The Hall–Kier alpha value is -2.18. The number of aromatic nitrogens is 2. The monoisotopic (exact) mass is 293 g/mol. The van der Waals surface area contributed by atoms with Gasteiger partial charge in [-0.2, -0.15) is 0 Å². The maximum Gasteiger partial charge on any atom is 0.264 e. The van der Waals surface area contributed by atoms with E-state index in [9.17, 15) is 9.59 Å². The number of aliphatic hydroxyl groups excluding tert-OH is 1. The predicted octanol–water partition coefficient (Wildman–Crippen LogP) is 0.812. The lowest BCUT2D eigenvalue weighted by Crippen LogP contribution is -2.31. The number of H-pyrrole nitrogens is 1. The lowest BCUT2D eigenvalue weighted by atomic mass is 10.2. The van der Waals surface area contributed by atoms with Gasteiger partial charge in [-0.3, -0.25) is 9.59 Å². The summed E-state index contributed by atoms with van der Waals surface area (Å²) in [6, 6.07) is 6.79. The van der Waals surface area contributed by atoms with Crippen LogP contribution in [-0.2, 0) is 0 Å². The van der Waals surface area contributed by atoms with E-state index in [-0.39, 0.29) is 18.7 Å². The van der Waals surface area contributed by atoms with Crippen LogP contribution in [0, 0.1) is 0 Å². The van der Waals surface area contributed by atoms with Crippen molar-refractivity contribution in [3.8, 4) is 11.4 Å². The molecule has 0 saturated carbocycles. The highest BCUT2D eigenvalue weighted by atomic mass is 35.5. The zero-order valence-corrected chi connectivity index (χ0v) is 11.1. The first-order valence-electron chi connectivity index (χ1n) is 5.86. The Morgan fingerprint density at radius 1 is 1.35 bits per heavy atom. The summed E-state index contributed by atoms with van der Waals surface area (Å²) in [4.78, 5) is 30.0. The van der Waals surface area contributed by atoms with Gasteiger partial charge < -0.3 is 15.4 Å². The fourth-order valence-corrected chi connectivity index (χ4v) is 1.70. The molecule has 0 spiro atoms. The second kappa shape index (κ2) is 6.31. The summed E-state index contributed by atoms with van der Waals surface area (Å²) < 4.78 is 0. The van der Waals surface area contributed by atoms with Gasteiger partial charge in [0, 0.05) is 23.3 Å². The largest absolute Gasteiger partial charge is 0.395 e. The third-order valence-electron chi connectivity index (χ3n) is 2.56. The first kappa shape index (κ1) is 14.2. The number of carbonyl (C=O) groups is 1. The third kappa shape index (κ3) is 3.23. The Kier molecular flexibility index (Phi) is 4.49. The van der Waals surface area contributed by atoms with Crippen molar-refractivity contribution in [1.82, 2.24) is 15.3 Å². The molecule has 0 aliphatic carbocycles. The van der Waals surface area contributed by atoms with E-state index < -0.39 is 11.5 Å². The van der Waals surface area contributed by atoms with Crippen molar-refractivity contribution in [3.63, 3.8) is 0 Å². The van der Waals surface area contributed by atoms with E-state index in [0.29, 0.717) is 16.4 Å². The normalized spacial score (nSPS) is 10.3. The molecule has 1 amide bonds. The van der Waals surface area contributed by atoms with Gasteiger partial charge in [0.05, 0.1) is 6.61 Å². The van der Waals surface area contributed by atoms with Crippen molar-refractivity contribution in [3.05, 3.63) is 51.4 Å². The van der Waals surface area contributed by atoms with Gasteiger partial charge in [0.15, 0.2) is 0 Å². The molecule has 0 fully saturated rings. The highest BCUT2D eigenvalue weighted by molar-refractivity contribution is 6.30.